The maximum atomic E-state index is 11.8. The van der Waals surface area contributed by atoms with Gasteiger partial charge in [0.25, 0.3) is 11.8 Å². The Morgan fingerprint density at radius 1 is 0.889 bits per heavy atom. The molecule has 1 heterocycles. The summed E-state index contributed by atoms with van der Waals surface area (Å²) in [6, 6.07) is 9.28. The summed E-state index contributed by atoms with van der Waals surface area (Å²) < 4.78 is 5.66. The lowest BCUT2D eigenvalue weighted by Crippen LogP contribution is -2.51. The quantitative estimate of drug-likeness (QED) is 0.573. The van der Waals surface area contributed by atoms with Crippen LogP contribution >= 0.6 is 34.8 Å². The molecule has 2 N–H and O–H groups in total. The molecule has 4 amide bonds. The molecule has 0 aromatic heterocycles. The van der Waals surface area contributed by atoms with Gasteiger partial charge in [0.05, 0.1) is 10.0 Å². The van der Waals surface area contributed by atoms with Gasteiger partial charge in [0.2, 0.25) is 0 Å². The Bertz CT molecular complexity index is 943. The Morgan fingerprint density at radius 3 is 2.07 bits per heavy atom. The molecule has 6 nitrogen and oxygen atoms in total. The molecule has 2 aromatic rings. The third kappa shape index (κ3) is 4.42. The smallest absolute Gasteiger partial charge is 0.328 e. The standard InChI is InChI=1S/C18H11Cl3N2O4/c19-12-4-2-1-3-10(12)8-27-15-13(20)6-9(7-14(15)21)5-11-16(24)22-18(26)23-17(11)25/h1-7H,8H2,(H2,22,23,24,25,26). The van der Waals surface area contributed by atoms with Crippen LogP contribution in [0.3, 0.4) is 0 Å². The average Bonchev–Trinajstić information content (AvgIpc) is 2.59. The van der Waals surface area contributed by atoms with E-state index in [4.69, 9.17) is 39.5 Å². The van der Waals surface area contributed by atoms with Crippen LogP contribution in [0.1, 0.15) is 11.1 Å². The largest absolute Gasteiger partial charge is 0.486 e. The highest BCUT2D eigenvalue weighted by molar-refractivity contribution is 6.37. The number of halogens is 3. The summed E-state index contributed by atoms with van der Waals surface area (Å²) in [5.74, 6) is -1.38. The molecular formula is C18H11Cl3N2O4. The number of barbiturate groups is 1. The van der Waals surface area contributed by atoms with Gasteiger partial charge in [0, 0.05) is 10.6 Å². The second-order valence-electron chi connectivity index (χ2n) is 5.49. The SMILES string of the molecule is O=C1NC(=O)C(=Cc2cc(Cl)c(OCc3ccccc3Cl)c(Cl)c2)C(=O)N1. The predicted octanol–water partition coefficient (Wildman–Crippen LogP) is 3.98. The Labute approximate surface area is 169 Å². The number of carbonyl (C=O) groups excluding carboxylic acids is 3. The van der Waals surface area contributed by atoms with Crippen molar-refractivity contribution in [3.05, 3.63) is 68.2 Å². The van der Waals surface area contributed by atoms with E-state index in [1.54, 1.807) is 12.1 Å². The molecule has 0 atom stereocenters. The molecule has 27 heavy (non-hydrogen) atoms. The summed E-state index contributed by atoms with van der Waals surface area (Å²) in [6.45, 7) is 0.159. The lowest BCUT2D eigenvalue weighted by Gasteiger charge is -2.15. The number of benzene rings is 2. The van der Waals surface area contributed by atoms with Gasteiger partial charge in [-0.2, -0.15) is 0 Å². The number of urea groups is 1. The van der Waals surface area contributed by atoms with Gasteiger partial charge in [-0.3, -0.25) is 20.2 Å². The highest BCUT2D eigenvalue weighted by atomic mass is 35.5. The van der Waals surface area contributed by atoms with E-state index in [2.05, 4.69) is 0 Å². The van der Waals surface area contributed by atoms with E-state index >= 15 is 0 Å². The molecule has 3 rings (SSSR count). The minimum absolute atomic E-state index is 0.159. The highest BCUT2D eigenvalue weighted by Gasteiger charge is 2.27. The summed E-state index contributed by atoms with van der Waals surface area (Å²) in [6.07, 6.45) is 1.27. The predicted molar refractivity (Wildman–Crippen MR) is 102 cm³/mol. The van der Waals surface area contributed by atoms with E-state index in [1.807, 2.05) is 22.8 Å². The lowest BCUT2D eigenvalue weighted by molar-refractivity contribution is -0.123. The molecule has 2 aromatic carbocycles. The molecule has 1 aliphatic rings. The molecule has 0 saturated carbocycles. The van der Waals surface area contributed by atoms with Crippen LogP contribution < -0.4 is 15.4 Å². The first-order valence-corrected chi connectivity index (χ1v) is 8.72. The summed E-state index contributed by atoms with van der Waals surface area (Å²) in [5.41, 5.74) is 0.911. The van der Waals surface area contributed by atoms with Crippen molar-refractivity contribution in [2.24, 2.45) is 0 Å². The van der Waals surface area contributed by atoms with Gasteiger partial charge in [-0.05, 0) is 29.8 Å². The lowest BCUT2D eigenvalue weighted by atomic mass is 10.1. The van der Waals surface area contributed by atoms with Crippen LogP contribution in [0.4, 0.5) is 4.79 Å². The van der Waals surface area contributed by atoms with Gasteiger partial charge in [-0.1, -0.05) is 53.0 Å². The number of nitrogens with one attached hydrogen (secondary N) is 2. The van der Waals surface area contributed by atoms with Crippen molar-refractivity contribution >= 4 is 58.7 Å². The molecule has 0 bridgehead atoms. The summed E-state index contributed by atoms with van der Waals surface area (Å²) >= 11 is 18.5. The van der Waals surface area contributed by atoms with Gasteiger partial charge in [0.1, 0.15) is 12.2 Å². The van der Waals surface area contributed by atoms with Crippen molar-refractivity contribution in [3.8, 4) is 5.75 Å². The molecule has 1 aliphatic heterocycles. The fraction of sp³-hybridized carbons (Fsp3) is 0.0556. The topological polar surface area (TPSA) is 84.5 Å². The van der Waals surface area contributed by atoms with Crippen molar-refractivity contribution in [3.63, 3.8) is 0 Å². The summed E-state index contributed by atoms with van der Waals surface area (Å²) in [4.78, 5) is 34.7. The second kappa shape index (κ2) is 8.00. The number of carbonyl (C=O) groups is 3. The zero-order valence-electron chi connectivity index (χ0n) is 13.5. The Hall–Kier alpha value is -2.54. The van der Waals surface area contributed by atoms with Gasteiger partial charge in [-0.25, -0.2) is 4.79 Å². The minimum Gasteiger partial charge on any atom is -0.486 e. The van der Waals surface area contributed by atoms with Crippen LogP contribution in [0, 0.1) is 0 Å². The normalized spacial score (nSPS) is 13.9. The molecular weight excluding hydrogens is 415 g/mol. The Balaban J connectivity index is 1.84. The first kappa shape index (κ1) is 19.2. The van der Waals surface area contributed by atoms with E-state index in [0.29, 0.717) is 10.6 Å². The molecule has 0 spiro atoms. The van der Waals surface area contributed by atoms with Gasteiger partial charge in [0.15, 0.2) is 5.75 Å². The van der Waals surface area contributed by atoms with Crippen molar-refractivity contribution < 1.29 is 19.1 Å². The van der Waals surface area contributed by atoms with Crippen LogP contribution in [0.5, 0.6) is 5.75 Å². The van der Waals surface area contributed by atoms with E-state index in [1.165, 1.54) is 18.2 Å². The van der Waals surface area contributed by atoms with Crippen LogP contribution in [0.15, 0.2) is 42.0 Å². The average molecular weight is 426 g/mol. The van der Waals surface area contributed by atoms with Crippen LogP contribution in [-0.2, 0) is 16.2 Å². The molecule has 1 saturated heterocycles. The maximum Gasteiger partial charge on any atom is 0.328 e. The molecule has 0 radical (unpaired) electrons. The number of rotatable bonds is 4. The first-order chi connectivity index (χ1) is 12.8. The molecule has 1 fully saturated rings. The van der Waals surface area contributed by atoms with E-state index < -0.39 is 17.8 Å². The molecule has 0 aliphatic carbocycles. The van der Waals surface area contributed by atoms with Crippen molar-refractivity contribution in [1.82, 2.24) is 10.6 Å². The third-order valence-electron chi connectivity index (χ3n) is 3.60. The Kier molecular flexibility index (Phi) is 5.70. The highest BCUT2D eigenvalue weighted by Crippen LogP contribution is 2.36. The number of hydrogen-bond acceptors (Lipinski definition) is 4. The number of ether oxygens (including phenoxy) is 1. The van der Waals surface area contributed by atoms with Crippen LogP contribution in [-0.4, -0.2) is 17.8 Å². The van der Waals surface area contributed by atoms with Gasteiger partial charge >= 0.3 is 6.03 Å². The monoisotopic (exact) mass is 424 g/mol. The van der Waals surface area contributed by atoms with Crippen LogP contribution in [0.25, 0.3) is 6.08 Å². The number of amides is 4. The Morgan fingerprint density at radius 2 is 1.48 bits per heavy atom. The second-order valence-corrected chi connectivity index (χ2v) is 6.71. The third-order valence-corrected chi connectivity index (χ3v) is 4.54. The van der Waals surface area contributed by atoms with Crippen molar-refractivity contribution in [2.75, 3.05) is 0 Å². The fourth-order valence-corrected chi connectivity index (χ4v) is 3.14. The van der Waals surface area contributed by atoms with E-state index in [0.717, 1.165) is 5.56 Å². The minimum atomic E-state index is -0.874. The van der Waals surface area contributed by atoms with E-state index in [-0.39, 0.29) is 28.0 Å². The van der Waals surface area contributed by atoms with Gasteiger partial charge in [-0.15, -0.1) is 0 Å². The molecule has 0 unspecified atom stereocenters. The van der Waals surface area contributed by atoms with Crippen LogP contribution in [0.2, 0.25) is 15.1 Å². The summed E-state index contributed by atoms with van der Waals surface area (Å²) in [5, 5.41) is 4.90. The zero-order chi connectivity index (χ0) is 19.6. The van der Waals surface area contributed by atoms with Gasteiger partial charge < -0.3 is 4.74 Å². The molecule has 9 heteroatoms. The first-order valence-electron chi connectivity index (χ1n) is 7.59. The summed E-state index contributed by atoms with van der Waals surface area (Å²) in [7, 11) is 0. The van der Waals surface area contributed by atoms with E-state index in [9.17, 15) is 14.4 Å². The number of imide groups is 2. The number of hydrogen-bond donors (Lipinski definition) is 2. The maximum absolute atomic E-state index is 11.8. The molecule has 138 valence electrons. The fourth-order valence-electron chi connectivity index (χ4n) is 2.34. The van der Waals surface area contributed by atoms with Crippen molar-refractivity contribution in [1.29, 1.82) is 0 Å². The zero-order valence-corrected chi connectivity index (χ0v) is 15.8. The van der Waals surface area contributed by atoms with Crippen molar-refractivity contribution in [2.45, 2.75) is 6.61 Å².